The Hall–Kier alpha value is -1.65. The molecular weight excluding hydrogens is 208 g/mol. The second kappa shape index (κ2) is 3.73. The first-order chi connectivity index (χ1) is 7.59. The largest absolute Gasteiger partial charge is 0.359 e. The highest BCUT2D eigenvalue weighted by atomic mass is 16.2. The molecule has 0 spiro atoms. The molecule has 1 aliphatic carbocycles. The number of nitrogens with one attached hydrogen (secondary N) is 1. The fourth-order valence-corrected chi connectivity index (χ4v) is 1.98. The molecule has 0 aromatic rings. The highest BCUT2D eigenvalue weighted by molar-refractivity contribution is 6.12. The minimum Gasteiger partial charge on any atom is -0.359 e. The van der Waals surface area contributed by atoms with Crippen molar-refractivity contribution in [1.29, 1.82) is 0 Å². The first-order valence-corrected chi connectivity index (χ1v) is 5.35. The zero-order valence-corrected chi connectivity index (χ0v) is 9.16. The van der Waals surface area contributed by atoms with Gasteiger partial charge in [-0.25, -0.2) is 0 Å². The fourth-order valence-electron chi connectivity index (χ4n) is 1.98. The van der Waals surface area contributed by atoms with Crippen LogP contribution >= 0.6 is 0 Å². The summed E-state index contributed by atoms with van der Waals surface area (Å²) in [5, 5.41) is 2.62. The molecule has 0 aromatic carbocycles. The molecule has 2 aliphatic rings. The Bertz CT molecular complexity index is 365. The van der Waals surface area contributed by atoms with E-state index in [1.165, 1.54) is 17.1 Å². The third kappa shape index (κ3) is 1.73. The van der Waals surface area contributed by atoms with E-state index in [1.54, 1.807) is 7.05 Å². The molecule has 5 heteroatoms. The van der Waals surface area contributed by atoms with Gasteiger partial charge in [-0.1, -0.05) is 0 Å². The fraction of sp³-hybridized carbons (Fsp3) is 0.545. The zero-order chi connectivity index (χ0) is 11.8. The van der Waals surface area contributed by atoms with Crippen LogP contribution in [0.25, 0.3) is 0 Å². The molecule has 1 N–H and O–H groups in total. The first-order valence-electron chi connectivity index (χ1n) is 5.35. The van der Waals surface area contributed by atoms with Crippen LogP contribution in [0.2, 0.25) is 0 Å². The van der Waals surface area contributed by atoms with Gasteiger partial charge in [-0.3, -0.25) is 19.3 Å². The van der Waals surface area contributed by atoms with Crippen molar-refractivity contribution in [3.8, 4) is 0 Å². The van der Waals surface area contributed by atoms with E-state index >= 15 is 0 Å². The summed E-state index contributed by atoms with van der Waals surface area (Å²) in [5.41, 5.74) is -0.335. The number of nitrogens with zero attached hydrogens (tertiary/aromatic N) is 1. The van der Waals surface area contributed by atoms with E-state index in [4.69, 9.17) is 0 Å². The van der Waals surface area contributed by atoms with Crippen molar-refractivity contribution in [2.45, 2.75) is 19.3 Å². The van der Waals surface area contributed by atoms with Crippen molar-refractivity contribution in [1.82, 2.24) is 10.2 Å². The molecule has 16 heavy (non-hydrogen) atoms. The molecule has 1 heterocycles. The molecule has 0 aromatic heterocycles. The highest BCUT2D eigenvalue weighted by Gasteiger charge is 2.49. The average Bonchev–Trinajstić information content (AvgIpc) is 3.00. The number of rotatable bonds is 4. The second-order valence-corrected chi connectivity index (χ2v) is 4.27. The SMILES string of the molecule is CNC(=O)C1(CCN2C(=O)C=CC2=O)CC1. The second-order valence-electron chi connectivity index (χ2n) is 4.27. The van der Waals surface area contributed by atoms with Gasteiger partial charge in [0.25, 0.3) is 11.8 Å². The van der Waals surface area contributed by atoms with Gasteiger partial charge in [-0.15, -0.1) is 0 Å². The normalized spacial score (nSPS) is 21.4. The maximum atomic E-state index is 11.5. The van der Waals surface area contributed by atoms with E-state index < -0.39 is 0 Å². The highest BCUT2D eigenvalue weighted by Crippen LogP contribution is 2.49. The lowest BCUT2D eigenvalue weighted by atomic mass is 10.0. The van der Waals surface area contributed by atoms with Gasteiger partial charge in [0.1, 0.15) is 0 Å². The smallest absolute Gasteiger partial charge is 0.253 e. The monoisotopic (exact) mass is 222 g/mol. The summed E-state index contributed by atoms with van der Waals surface area (Å²) < 4.78 is 0. The number of hydrogen-bond donors (Lipinski definition) is 1. The van der Waals surface area contributed by atoms with Crippen molar-refractivity contribution >= 4 is 17.7 Å². The van der Waals surface area contributed by atoms with Gasteiger partial charge in [0.2, 0.25) is 5.91 Å². The summed E-state index contributed by atoms with van der Waals surface area (Å²) in [6.07, 6.45) is 4.78. The summed E-state index contributed by atoms with van der Waals surface area (Å²) in [6, 6.07) is 0. The molecule has 1 saturated carbocycles. The minimum atomic E-state index is -0.335. The Morgan fingerprint density at radius 3 is 2.38 bits per heavy atom. The Morgan fingerprint density at radius 1 is 1.38 bits per heavy atom. The molecule has 3 amide bonds. The van der Waals surface area contributed by atoms with Crippen LogP contribution in [0.15, 0.2) is 12.2 Å². The van der Waals surface area contributed by atoms with Crippen LogP contribution in [0.5, 0.6) is 0 Å². The Balaban J connectivity index is 1.91. The Kier molecular flexibility index (Phi) is 2.53. The van der Waals surface area contributed by atoms with Gasteiger partial charge >= 0.3 is 0 Å². The number of carbonyl (C=O) groups excluding carboxylic acids is 3. The van der Waals surface area contributed by atoms with Gasteiger partial charge in [-0.05, 0) is 19.3 Å². The lowest BCUT2D eigenvalue weighted by Crippen LogP contribution is -2.36. The quantitative estimate of drug-likeness (QED) is 0.671. The number of hydrogen-bond acceptors (Lipinski definition) is 3. The van der Waals surface area contributed by atoms with Crippen molar-refractivity contribution in [3.63, 3.8) is 0 Å². The summed E-state index contributed by atoms with van der Waals surface area (Å²) in [6.45, 7) is 0.331. The Morgan fingerprint density at radius 2 is 1.94 bits per heavy atom. The van der Waals surface area contributed by atoms with E-state index in [1.807, 2.05) is 0 Å². The van der Waals surface area contributed by atoms with Gasteiger partial charge < -0.3 is 5.32 Å². The van der Waals surface area contributed by atoms with Crippen molar-refractivity contribution in [3.05, 3.63) is 12.2 Å². The predicted octanol–water partition coefficient (Wildman–Crippen LogP) is -0.172. The van der Waals surface area contributed by atoms with Gasteiger partial charge in [-0.2, -0.15) is 0 Å². The third-order valence-electron chi connectivity index (χ3n) is 3.28. The molecule has 0 radical (unpaired) electrons. The third-order valence-corrected chi connectivity index (χ3v) is 3.28. The molecule has 2 rings (SSSR count). The van der Waals surface area contributed by atoms with E-state index in [-0.39, 0.29) is 23.1 Å². The predicted molar refractivity (Wildman–Crippen MR) is 56.2 cm³/mol. The van der Waals surface area contributed by atoms with Crippen LogP contribution in [0.3, 0.4) is 0 Å². The molecule has 0 unspecified atom stereocenters. The number of carbonyl (C=O) groups is 3. The van der Waals surface area contributed by atoms with Crippen LogP contribution in [-0.4, -0.2) is 36.2 Å². The Labute approximate surface area is 93.5 Å². The van der Waals surface area contributed by atoms with Crippen molar-refractivity contribution < 1.29 is 14.4 Å². The van der Waals surface area contributed by atoms with Crippen LogP contribution in [0.4, 0.5) is 0 Å². The van der Waals surface area contributed by atoms with E-state index in [2.05, 4.69) is 5.32 Å². The molecule has 1 fully saturated rings. The van der Waals surface area contributed by atoms with Crippen molar-refractivity contribution in [2.75, 3.05) is 13.6 Å². The van der Waals surface area contributed by atoms with Crippen LogP contribution in [0.1, 0.15) is 19.3 Å². The molecule has 5 nitrogen and oxygen atoms in total. The van der Waals surface area contributed by atoms with Crippen LogP contribution in [0, 0.1) is 5.41 Å². The molecular formula is C11H14N2O3. The van der Waals surface area contributed by atoms with Gasteiger partial charge in [0.15, 0.2) is 0 Å². The number of imide groups is 1. The van der Waals surface area contributed by atoms with Gasteiger partial charge in [0, 0.05) is 25.7 Å². The molecule has 86 valence electrons. The van der Waals surface area contributed by atoms with Crippen LogP contribution in [-0.2, 0) is 14.4 Å². The topological polar surface area (TPSA) is 66.5 Å². The summed E-state index contributed by atoms with van der Waals surface area (Å²) in [4.78, 5) is 35.3. The lowest BCUT2D eigenvalue weighted by molar-refractivity contribution is -0.138. The number of amides is 3. The van der Waals surface area contributed by atoms with Crippen molar-refractivity contribution in [2.24, 2.45) is 5.41 Å². The van der Waals surface area contributed by atoms with E-state index in [0.717, 1.165) is 12.8 Å². The molecule has 0 bridgehead atoms. The lowest BCUT2D eigenvalue weighted by Gasteiger charge is -2.18. The van der Waals surface area contributed by atoms with E-state index in [0.29, 0.717) is 13.0 Å². The molecule has 1 aliphatic heterocycles. The summed E-state index contributed by atoms with van der Waals surface area (Å²) in [7, 11) is 1.61. The maximum Gasteiger partial charge on any atom is 0.253 e. The molecule has 0 saturated heterocycles. The zero-order valence-electron chi connectivity index (χ0n) is 9.16. The van der Waals surface area contributed by atoms with E-state index in [9.17, 15) is 14.4 Å². The standard InChI is InChI=1S/C11H14N2O3/c1-12-10(16)11(4-5-11)6-7-13-8(14)2-3-9(13)15/h2-3H,4-7H2,1H3,(H,12,16). The maximum absolute atomic E-state index is 11.5. The van der Waals surface area contributed by atoms with Gasteiger partial charge in [0.05, 0.1) is 5.41 Å². The molecule has 0 atom stereocenters. The minimum absolute atomic E-state index is 0.0135. The van der Waals surface area contributed by atoms with Crippen LogP contribution < -0.4 is 5.32 Å². The first kappa shape index (κ1) is 10.9. The average molecular weight is 222 g/mol. The summed E-state index contributed by atoms with van der Waals surface area (Å²) >= 11 is 0. The summed E-state index contributed by atoms with van der Waals surface area (Å²) in [5.74, 6) is -0.546.